The van der Waals surface area contributed by atoms with Crippen LogP contribution in [0.4, 0.5) is 0 Å². The minimum atomic E-state index is -1.57. The number of benzene rings is 2. The Morgan fingerprint density at radius 2 is 1.42 bits per heavy atom. The van der Waals surface area contributed by atoms with Gasteiger partial charge >= 0.3 is 0 Å². The molecule has 2 aromatic carbocycles. The number of rotatable bonds is 4. The fourth-order valence-corrected chi connectivity index (χ4v) is 6.68. The highest BCUT2D eigenvalue weighted by molar-refractivity contribution is 8.05. The maximum atomic E-state index is 2.42. The van der Waals surface area contributed by atoms with Gasteiger partial charge in [-0.1, -0.05) is 78.9 Å². The summed E-state index contributed by atoms with van der Waals surface area (Å²) in [4.78, 5) is 0. The first-order chi connectivity index (χ1) is 9.14. The third kappa shape index (κ3) is 3.40. The zero-order valence-corrected chi connectivity index (χ0v) is 13.6. The highest BCUT2D eigenvalue weighted by atomic mass is 32.2. The Hall–Kier alpha value is -1.25. The molecule has 2 heteroatoms. The topological polar surface area (TPSA) is 0 Å². The Balaban J connectivity index is 2.39. The van der Waals surface area contributed by atoms with Crippen molar-refractivity contribution >= 4 is 31.1 Å². The van der Waals surface area contributed by atoms with E-state index in [-0.39, 0.29) is 0 Å². The zero-order valence-electron chi connectivity index (χ0n) is 11.8. The molecule has 2 rings (SSSR count). The van der Waals surface area contributed by atoms with Crippen LogP contribution >= 0.6 is 11.8 Å². The summed E-state index contributed by atoms with van der Waals surface area (Å²) in [6.45, 7) is 4.85. The summed E-state index contributed by atoms with van der Waals surface area (Å²) in [7, 11) is -1.57. The molecule has 0 saturated carbocycles. The van der Waals surface area contributed by atoms with E-state index in [1.807, 2.05) is 11.8 Å². The molecule has 0 amide bonds. The van der Waals surface area contributed by atoms with Gasteiger partial charge in [-0.2, -0.15) is 0 Å². The molecule has 0 saturated heterocycles. The van der Waals surface area contributed by atoms with Gasteiger partial charge in [0.15, 0.2) is 0 Å². The van der Waals surface area contributed by atoms with E-state index in [0.717, 1.165) is 0 Å². The molecule has 0 aromatic heterocycles. The van der Waals surface area contributed by atoms with Crippen LogP contribution in [0.15, 0.2) is 65.2 Å². The average Bonchev–Trinajstić information content (AvgIpc) is 2.46. The maximum absolute atomic E-state index is 2.42. The molecule has 0 aliphatic carbocycles. The fraction of sp³-hybridized carbons (Fsp3) is 0.176. The summed E-state index contributed by atoms with van der Waals surface area (Å²) >= 11 is 1.89. The van der Waals surface area contributed by atoms with Crippen molar-refractivity contribution in [2.75, 3.05) is 6.26 Å². The molecule has 0 radical (unpaired) electrons. The van der Waals surface area contributed by atoms with Crippen molar-refractivity contribution in [1.82, 2.24) is 0 Å². The molecule has 0 spiro atoms. The Morgan fingerprint density at radius 3 is 1.95 bits per heavy atom. The summed E-state index contributed by atoms with van der Waals surface area (Å²) in [5.74, 6) is 0. The van der Waals surface area contributed by atoms with E-state index in [1.165, 1.54) is 15.3 Å². The average molecular weight is 284 g/mol. The molecule has 0 unspecified atom stereocenters. The Labute approximate surface area is 121 Å². The van der Waals surface area contributed by atoms with Crippen LogP contribution in [0, 0.1) is 0 Å². The van der Waals surface area contributed by atoms with Gasteiger partial charge in [0.25, 0.3) is 0 Å². The van der Waals surface area contributed by atoms with Crippen molar-refractivity contribution in [2.24, 2.45) is 0 Å². The second-order valence-corrected chi connectivity index (χ2v) is 10.7. The highest BCUT2D eigenvalue weighted by Crippen LogP contribution is 2.27. The maximum Gasteiger partial charge on any atom is 0.120 e. The molecule has 0 aliphatic rings. The Bertz CT molecular complexity index is 544. The summed E-state index contributed by atoms with van der Waals surface area (Å²) < 4.78 is 1.52. The fourth-order valence-electron chi connectivity index (χ4n) is 2.19. The number of thioether (sulfide) groups is 1. The lowest BCUT2D eigenvalue weighted by atomic mass is 10.2. The van der Waals surface area contributed by atoms with Crippen LogP contribution in [-0.4, -0.2) is 14.3 Å². The Morgan fingerprint density at radius 1 is 0.895 bits per heavy atom. The van der Waals surface area contributed by atoms with Crippen molar-refractivity contribution in [2.45, 2.75) is 13.1 Å². The summed E-state index contributed by atoms with van der Waals surface area (Å²) in [6.07, 6.45) is 4.54. The second kappa shape index (κ2) is 6.26. The van der Waals surface area contributed by atoms with E-state index in [2.05, 4.69) is 86.1 Å². The quantitative estimate of drug-likeness (QED) is 0.743. The lowest BCUT2D eigenvalue weighted by Crippen LogP contribution is -2.42. The van der Waals surface area contributed by atoms with Crippen molar-refractivity contribution in [1.29, 1.82) is 0 Å². The summed E-state index contributed by atoms with van der Waals surface area (Å²) in [5, 5.41) is 1.49. The standard InChI is InChI=1S/C17H20SSi/c1-18-17(14-15-10-6-4-7-11-15)19(2,3)16-12-8-5-9-13-16/h4-14H,1-3H3/b17-14+. The lowest BCUT2D eigenvalue weighted by Gasteiger charge is -2.25. The predicted octanol–water partition coefficient (Wildman–Crippen LogP) is 4.55. The van der Waals surface area contributed by atoms with E-state index < -0.39 is 8.07 Å². The van der Waals surface area contributed by atoms with Gasteiger partial charge in [-0.15, -0.1) is 11.8 Å². The highest BCUT2D eigenvalue weighted by Gasteiger charge is 2.27. The normalized spacial score (nSPS) is 12.5. The molecule has 0 atom stereocenters. The van der Waals surface area contributed by atoms with Gasteiger partial charge in [0, 0.05) is 0 Å². The molecule has 98 valence electrons. The SMILES string of the molecule is CS/C(=C\c1ccccc1)[Si](C)(C)c1ccccc1. The van der Waals surface area contributed by atoms with Gasteiger partial charge in [-0.05, 0) is 22.4 Å². The van der Waals surface area contributed by atoms with Gasteiger partial charge in [-0.25, -0.2) is 0 Å². The molecular formula is C17H20SSi. The molecule has 0 N–H and O–H groups in total. The van der Waals surface area contributed by atoms with E-state index in [1.54, 1.807) is 0 Å². The van der Waals surface area contributed by atoms with Crippen LogP contribution in [0.2, 0.25) is 13.1 Å². The molecule has 2 aromatic rings. The van der Waals surface area contributed by atoms with Crippen LogP contribution in [0.25, 0.3) is 6.08 Å². The van der Waals surface area contributed by atoms with Gasteiger partial charge in [-0.3, -0.25) is 0 Å². The minimum Gasteiger partial charge on any atom is -0.138 e. The van der Waals surface area contributed by atoms with Crippen molar-refractivity contribution in [3.63, 3.8) is 0 Å². The molecule has 19 heavy (non-hydrogen) atoms. The van der Waals surface area contributed by atoms with Gasteiger partial charge in [0.05, 0.1) is 0 Å². The largest absolute Gasteiger partial charge is 0.138 e. The van der Waals surface area contributed by atoms with Gasteiger partial charge < -0.3 is 0 Å². The van der Waals surface area contributed by atoms with Crippen LogP contribution in [0.3, 0.4) is 0 Å². The first-order valence-electron chi connectivity index (χ1n) is 6.51. The molecule has 0 fully saturated rings. The molecule has 0 heterocycles. The van der Waals surface area contributed by atoms with E-state index in [9.17, 15) is 0 Å². The third-order valence-corrected chi connectivity index (χ3v) is 9.28. The van der Waals surface area contributed by atoms with Crippen molar-refractivity contribution in [3.05, 3.63) is 70.8 Å². The predicted molar refractivity (Wildman–Crippen MR) is 91.5 cm³/mol. The van der Waals surface area contributed by atoms with Crippen LogP contribution in [0.5, 0.6) is 0 Å². The molecular weight excluding hydrogens is 264 g/mol. The van der Waals surface area contributed by atoms with E-state index in [4.69, 9.17) is 0 Å². The monoisotopic (exact) mass is 284 g/mol. The third-order valence-electron chi connectivity index (χ3n) is 3.43. The van der Waals surface area contributed by atoms with Crippen LogP contribution < -0.4 is 5.19 Å². The smallest absolute Gasteiger partial charge is 0.120 e. The number of hydrogen-bond acceptors (Lipinski definition) is 1. The molecule has 0 bridgehead atoms. The first kappa shape index (κ1) is 14.2. The van der Waals surface area contributed by atoms with Gasteiger partial charge in [0.2, 0.25) is 0 Å². The minimum absolute atomic E-state index is 1.29. The van der Waals surface area contributed by atoms with Crippen LogP contribution in [0.1, 0.15) is 5.56 Å². The molecule has 0 nitrogen and oxygen atoms in total. The van der Waals surface area contributed by atoms with Crippen molar-refractivity contribution < 1.29 is 0 Å². The van der Waals surface area contributed by atoms with Crippen LogP contribution in [-0.2, 0) is 0 Å². The molecule has 0 aliphatic heterocycles. The Kier molecular flexibility index (Phi) is 4.67. The summed E-state index contributed by atoms with van der Waals surface area (Å²) in [6, 6.07) is 21.5. The van der Waals surface area contributed by atoms with E-state index >= 15 is 0 Å². The first-order valence-corrected chi connectivity index (χ1v) is 10.7. The summed E-state index contributed by atoms with van der Waals surface area (Å²) in [5.41, 5.74) is 1.29. The van der Waals surface area contributed by atoms with E-state index in [0.29, 0.717) is 0 Å². The zero-order chi connectivity index (χ0) is 13.7. The van der Waals surface area contributed by atoms with Crippen molar-refractivity contribution in [3.8, 4) is 0 Å². The lowest BCUT2D eigenvalue weighted by molar-refractivity contribution is 1.65. The second-order valence-electron chi connectivity index (χ2n) is 5.11. The van der Waals surface area contributed by atoms with Gasteiger partial charge in [0.1, 0.15) is 8.07 Å². The number of hydrogen-bond donors (Lipinski definition) is 0.